The molecule has 0 saturated carbocycles. The van der Waals surface area contributed by atoms with Crippen molar-refractivity contribution in [3.05, 3.63) is 77.1 Å². The molecular formula is C22H23N3O2. The summed E-state index contributed by atoms with van der Waals surface area (Å²) in [5.41, 5.74) is 5.11. The Morgan fingerprint density at radius 1 is 1.11 bits per heavy atom. The van der Waals surface area contributed by atoms with Gasteiger partial charge in [0.2, 0.25) is 0 Å². The Kier molecular flexibility index (Phi) is 4.92. The number of hydrogen-bond donors (Lipinski definition) is 1. The van der Waals surface area contributed by atoms with Crippen molar-refractivity contribution in [3.8, 4) is 11.4 Å². The number of benzene rings is 2. The van der Waals surface area contributed by atoms with Gasteiger partial charge < -0.3 is 10.1 Å². The summed E-state index contributed by atoms with van der Waals surface area (Å²) in [5.74, 6) is 0.470. The first-order chi connectivity index (χ1) is 13.3. The van der Waals surface area contributed by atoms with Crippen LogP contribution in [-0.4, -0.2) is 22.3 Å². The zero-order valence-electron chi connectivity index (χ0n) is 15.4. The topological polar surface area (TPSA) is 56.1 Å². The van der Waals surface area contributed by atoms with Crippen molar-refractivity contribution in [1.82, 2.24) is 15.1 Å². The number of fused-ring (bicyclic) bond motifs is 1. The van der Waals surface area contributed by atoms with Crippen molar-refractivity contribution < 1.29 is 9.53 Å². The highest BCUT2D eigenvalue weighted by Gasteiger charge is 2.23. The Hall–Kier alpha value is -3.08. The highest BCUT2D eigenvalue weighted by Crippen LogP contribution is 2.28. The van der Waals surface area contributed by atoms with Crippen LogP contribution >= 0.6 is 0 Å². The molecule has 5 heteroatoms. The average Bonchev–Trinajstić information content (AvgIpc) is 3.31. The molecule has 27 heavy (non-hydrogen) atoms. The second-order valence-corrected chi connectivity index (χ2v) is 6.58. The van der Waals surface area contributed by atoms with Crippen LogP contribution in [0.25, 0.3) is 5.69 Å². The number of rotatable bonds is 6. The second kappa shape index (κ2) is 7.66. The molecule has 2 aromatic carbocycles. The molecule has 138 valence electrons. The van der Waals surface area contributed by atoms with Crippen molar-refractivity contribution >= 4 is 5.91 Å². The fourth-order valence-electron chi connectivity index (χ4n) is 3.63. The first kappa shape index (κ1) is 17.3. The number of carbonyl (C=O) groups is 1. The predicted octanol–water partition coefficient (Wildman–Crippen LogP) is 3.69. The van der Waals surface area contributed by atoms with Crippen molar-refractivity contribution in [2.24, 2.45) is 0 Å². The van der Waals surface area contributed by atoms with E-state index >= 15 is 0 Å². The molecule has 0 unspecified atom stereocenters. The van der Waals surface area contributed by atoms with E-state index in [1.807, 2.05) is 48.0 Å². The molecule has 1 N–H and O–H groups in total. The van der Waals surface area contributed by atoms with Crippen molar-refractivity contribution in [1.29, 1.82) is 0 Å². The first-order valence-corrected chi connectivity index (χ1v) is 9.43. The Labute approximate surface area is 159 Å². The zero-order chi connectivity index (χ0) is 18.6. The van der Waals surface area contributed by atoms with Gasteiger partial charge in [-0.3, -0.25) is 4.79 Å². The van der Waals surface area contributed by atoms with Crippen LogP contribution in [-0.2, 0) is 19.4 Å². The molecule has 3 aromatic rings. The van der Waals surface area contributed by atoms with Gasteiger partial charge in [0.1, 0.15) is 5.75 Å². The number of nitrogens with one attached hydrogen (secondary N) is 1. The lowest BCUT2D eigenvalue weighted by molar-refractivity contribution is 0.0946. The zero-order valence-corrected chi connectivity index (χ0v) is 15.4. The van der Waals surface area contributed by atoms with Crippen LogP contribution in [0, 0.1) is 0 Å². The Morgan fingerprint density at radius 3 is 2.70 bits per heavy atom. The van der Waals surface area contributed by atoms with Crippen LogP contribution < -0.4 is 10.1 Å². The quantitative estimate of drug-likeness (QED) is 0.728. The third-order valence-electron chi connectivity index (χ3n) is 4.86. The summed E-state index contributed by atoms with van der Waals surface area (Å²) >= 11 is 0. The SMILES string of the molecule is CCOc1ccccc1C(=O)NCc1nn(-c2ccccc2)c2c1CCC2. The molecule has 1 amide bonds. The predicted molar refractivity (Wildman–Crippen MR) is 104 cm³/mol. The summed E-state index contributed by atoms with van der Waals surface area (Å²) in [6.45, 7) is 2.86. The molecule has 0 saturated heterocycles. The van der Waals surface area contributed by atoms with Gasteiger partial charge in [0.25, 0.3) is 5.91 Å². The lowest BCUT2D eigenvalue weighted by Crippen LogP contribution is -2.24. The van der Waals surface area contributed by atoms with Crippen molar-refractivity contribution in [2.45, 2.75) is 32.7 Å². The molecule has 0 fully saturated rings. The lowest BCUT2D eigenvalue weighted by atomic mass is 10.1. The Morgan fingerprint density at radius 2 is 1.89 bits per heavy atom. The summed E-state index contributed by atoms with van der Waals surface area (Å²) in [5, 5.41) is 7.81. The second-order valence-electron chi connectivity index (χ2n) is 6.58. The van der Waals surface area contributed by atoms with Gasteiger partial charge in [-0.05, 0) is 56.0 Å². The minimum atomic E-state index is -0.139. The molecule has 1 aliphatic rings. The summed E-state index contributed by atoms with van der Waals surface area (Å²) < 4.78 is 7.59. The van der Waals surface area contributed by atoms with Gasteiger partial charge in [0.05, 0.1) is 30.1 Å². The standard InChI is InChI=1S/C22H23N3O2/c1-2-27-21-14-7-6-11-18(21)22(26)23-15-19-17-12-8-13-20(17)25(24-19)16-9-4-3-5-10-16/h3-7,9-11,14H,2,8,12-13,15H2,1H3,(H,23,26). The van der Waals surface area contributed by atoms with Gasteiger partial charge in [0.15, 0.2) is 0 Å². The lowest BCUT2D eigenvalue weighted by Gasteiger charge is -2.10. The number of amides is 1. The van der Waals surface area contributed by atoms with Crippen LogP contribution in [0.4, 0.5) is 0 Å². The van der Waals surface area contributed by atoms with Crippen LogP contribution in [0.3, 0.4) is 0 Å². The fraction of sp³-hybridized carbons (Fsp3) is 0.273. The van der Waals surface area contributed by atoms with Crippen LogP contribution in [0.1, 0.15) is 40.7 Å². The number of hydrogen-bond acceptors (Lipinski definition) is 3. The molecule has 4 rings (SSSR count). The van der Waals surface area contributed by atoms with Gasteiger partial charge in [-0.15, -0.1) is 0 Å². The average molecular weight is 361 g/mol. The maximum absolute atomic E-state index is 12.7. The summed E-state index contributed by atoms with van der Waals surface area (Å²) in [6.07, 6.45) is 3.18. The molecule has 0 bridgehead atoms. The van der Waals surface area contributed by atoms with E-state index in [4.69, 9.17) is 9.84 Å². The van der Waals surface area contributed by atoms with Crippen LogP contribution in [0.15, 0.2) is 54.6 Å². The summed E-state index contributed by atoms with van der Waals surface area (Å²) in [6, 6.07) is 17.5. The van der Waals surface area contributed by atoms with Gasteiger partial charge in [-0.25, -0.2) is 4.68 Å². The van der Waals surface area contributed by atoms with Gasteiger partial charge >= 0.3 is 0 Å². The smallest absolute Gasteiger partial charge is 0.255 e. The van der Waals surface area contributed by atoms with E-state index in [0.717, 1.165) is 30.6 Å². The highest BCUT2D eigenvalue weighted by molar-refractivity contribution is 5.96. The number of para-hydroxylation sites is 2. The molecule has 0 atom stereocenters. The highest BCUT2D eigenvalue weighted by atomic mass is 16.5. The van der Waals surface area contributed by atoms with E-state index in [-0.39, 0.29) is 5.91 Å². The molecule has 1 heterocycles. The fourth-order valence-corrected chi connectivity index (χ4v) is 3.63. The third kappa shape index (κ3) is 3.45. The van der Waals surface area contributed by atoms with Gasteiger partial charge in [-0.1, -0.05) is 30.3 Å². The molecule has 0 spiro atoms. The number of nitrogens with zero attached hydrogens (tertiary/aromatic N) is 2. The summed E-state index contributed by atoms with van der Waals surface area (Å²) in [4.78, 5) is 12.7. The number of aromatic nitrogens is 2. The van der Waals surface area contributed by atoms with E-state index in [9.17, 15) is 4.79 Å². The van der Waals surface area contributed by atoms with Gasteiger partial charge in [-0.2, -0.15) is 5.10 Å². The molecule has 5 nitrogen and oxygen atoms in total. The summed E-state index contributed by atoms with van der Waals surface area (Å²) in [7, 11) is 0. The van der Waals surface area contributed by atoms with Crippen molar-refractivity contribution in [3.63, 3.8) is 0 Å². The minimum Gasteiger partial charge on any atom is -0.493 e. The molecule has 1 aliphatic carbocycles. The monoisotopic (exact) mass is 361 g/mol. The Balaban J connectivity index is 1.55. The third-order valence-corrected chi connectivity index (χ3v) is 4.86. The van der Waals surface area contributed by atoms with E-state index in [1.54, 1.807) is 6.07 Å². The molecule has 0 aliphatic heterocycles. The minimum absolute atomic E-state index is 0.139. The van der Waals surface area contributed by atoms with Gasteiger partial charge in [0, 0.05) is 5.69 Å². The maximum Gasteiger partial charge on any atom is 0.255 e. The normalized spacial score (nSPS) is 12.6. The Bertz CT molecular complexity index is 947. The van der Waals surface area contributed by atoms with E-state index in [1.165, 1.54) is 11.3 Å². The molecule has 0 radical (unpaired) electrons. The maximum atomic E-state index is 12.7. The first-order valence-electron chi connectivity index (χ1n) is 9.43. The molecule has 1 aromatic heterocycles. The van der Waals surface area contributed by atoms with E-state index in [2.05, 4.69) is 17.4 Å². The largest absolute Gasteiger partial charge is 0.493 e. The number of ether oxygens (including phenoxy) is 1. The van der Waals surface area contributed by atoms with E-state index in [0.29, 0.717) is 24.5 Å². The molecular weight excluding hydrogens is 338 g/mol. The van der Waals surface area contributed by atoms with Crippen LogP contribution in [0.2, 0.25) is 0 Å². The van der Waals surface area contributed by atoms with Crippen molar-refractivity contribution in [2.75, 3.05) is 6.61 Å². The number of carbonyl (C=O) groups excluding carboxylic acids is 1. The van der Waals surface area contributed by atoms with Crippen LogP contribution in [0.5, 0.6) is 5.75 Å². The van der Waals surface area contributed by atoms with E-state index < -0.39 is 0 Å².